The normalized spacial score (nSPS) is 31.9. The molecule has 0 bridgehead atoms. The monoisotopic (exact) mass is 301 g/mol. The van der Waals surface area contributed by atoms with Crippen LogP contribution in [0, 0.1) is 0 Å². The molecule has 0 saturated carbocycles. The number of esters is 1. The Morgan fingerprint density at radius 1 is 1.32 bits per heavy atom. The van der Waals surface area contributed by atoms with E-state index in [4.69, 9.17) is 14.2 Å². The van der Waals surface area contributed by atoms with Crippen LogP contribution < -0.4 is 14.8 Å². The second kappa shape index (κ2) is 5.02. The Hall–Kier alpha value is -2.01. The summed E-state index contributed by atoms with van der Waals surface area (Å²) in [5, 5.41) is 3.52. The number of ether oxygens (including phenoxy) is 3. The Labute approximate surface area is 129 Å². The largest absolute Gasteiger partial charge is 0.460 e. The summed E-state index contributed by atoms with van der Waals surface area (Å²) in [6.07, 6.45) is 6.00. The van der Waals surface area contributed by atoms with Gasteiger partial charge in [0, 0.05) is 19.5 Å². The summed E-state index contributed by atoms with van der Waals surface area (Å²) >= 11 is 0. The third kappa shape index (κ3) is 1.92. The van der Waals surface area contributed by atoms with E-state index < -0.39 is 0 Å². The predicted octanol–water partition coefficient (Wildman–Crippen LogP) is 1.91. The third-order valence-electron chi connectivity index (χ3n) is 4.96. The number of nitrogens with one attached hydrogen (secondary N) is 1. The molecule has 116 valence electrons. The average Bonchev–Trinajstić information content (AvgIpc) is 3.11. The van der Waals surface area contributed by atoms with Crippen molar-refractivity contribution in [1.29, 1.82) is 0 Å². The second-order valence-electron chi connectivity index (χ2n) is 6.08. The van der Waals surface area contributed by atoms with Crippen LogP contribution in [0.3, 0.4) is 0 Å². The van der Waals surface area contributed by atoms with E-state index in [9.17, 15) is 4.79 Å². The van der Waals surface area contributed by atoms with Gasteiger partial charge in [0.2, 0.25) is 6.79 Å². The summed E-state index contributed by atoms with van der Waals surface area (Å²) in [5.74, 6) is 1.31. The minimum Gasteiger partial charge on any atom is -0.460 e. The molecule has 2 heterocycles. The number of allylic oxidation sites excluding steroid dienone is 1. The van der Waals surface area contributed by atoms with Crippen molar-refractivity contribution in [3.63, 3.8) is 0 Å². The van der Waals surface area contributed by atoms with Crippen LogP contribution in [0.25, 0.3) is 0 Å². The Morgan fingerprint density at radius 3 is 3.05 bits per heavy atom. The number of fused-ring (bicyclic) bond motifs is 2. The van der Waals surface area contributed by atoms with Gasteiger partial charge in [0.05, 0.1) is 5.41 Å². The van der Waals surface area contributed by atoms with Crippen LogP contribution in [-0.2, 0) is 14.9 Å². The maximum atomic E-state index is 11.5. The van der Waals surface area contributed by atoms with E-state index in [1.165, 1.54) is 6.92 Å². The lowest BCUT2D eigenvalue weighted by Crippen LogP contribution is -2.48. The van der Waals surface area contributed by atoms with E-state index in [1.54, 1.807) is 0 Å². The van der Waals surface area contributed by atoms with Gasteiger partial charge in [-0.05, 0) is 30.5 Å². The molecule has 1 aromatic carbocycles. The lowest BCUT2D eigenvalue weighted by Gasteiger charge is -2.40. The van der Waals surface area contributed by atoms with Gasteiger partial charge >= 0.3 is 5.97 Å². The minimum absolute atomic E-state index is 0.166. The number of hydrogen-bond donors (Lipinski definition) is 1. The zero-order valence-electron chi connectivity index (χ0n) is 12.5. The molecule has 1 fully saturated rings. The van der Waals surface area contributed by atoms with Crippen molar-refractivity contribution in [3.05, 3.63) is 35.9 Å². The maximum absolute atomic E-state index is 11.5. The quantitative estimate of drug-likeness (QED) is 0.668. The van der Waals surface area contributed by atoms with Crippen LogP contribution in [0.2, 0.25) is 0 Å². The first-order valence-electron chi connectivity index (χ1n) is 7.66. The molecule has 0 spiro atoms. The molecule has 0 aromatic heterocycles. The van der Waals surface area contributed by atoms with Gasteiger partial charge < -0.3 is 19.5 Å². The summed E-state index contributed by atoms with van der Waals surface area (Å²) in [7, 11) is 0. The molecule has 4 rings (SSSR count). The van der Waals surface area contributed by atoms with E-state index in [2.05, 4.69) is 23.5 Å². The molecule has 0 unspecified atom stereocenters. The first-order valence-corrected chi connectivity index (χ1v) is 7.66. The van der Waals surface area contributed by atoms with Crippen molar-refractivity contribution in [2.45, 2.75) is 37.3 Å². The Kier molecular flexibility index (Phi) is 3.11. The van der Waals surface area contributed by atoms with Gasteiger partial charge in [0.15, 0.2) is 11.5 Å². The van der Waals surface area contributed by atoms with Crippen LogP contribution in [0.1, 0.15) is 25.3 Å². The van der Waals surface area contributed by atoms with E-state index in [0.717, 1.165) is 29.9 Å². The average molecular weight is 301 g/mol. The van der Waals surface area contributed by atoms with Crippen molar-refractivity contribution >= 4 is 5.97 Å². The van der Waals surface area contributed by atoms with Gasteiger partial charge in [-0.25, -0.2) is 0 Å². The maximum Gasteiger partial charge on any atom is 0.302 e. The molecule has 5 nitrogen and oxygen atoms in total. The Balaban J connectivity index is 1.79. The zero-order valence-corrected chi connectivity index (χ0v) is 12.5. The number of benzene rings is 1. The predicted molar refractivity (Wildman–Crippen MR) is 80.0 cm³/mol. The molecule has 1 N–H and O–H groups in total. The van der Waals surface area contributed by atoms with Gasteiger partial charge in [-0.1, -0.05) is 18.2 Å². The summed E-state index contributed by atoms with van der Waals surface area (Å²) in [5.41, 5.74) is 0.906. The highest BCUT2D eigenvalue weighted by Gasteiger charge is 2.53. The van der Waals surface area contributed by atoms with E-state index in [1.807, 2.05) is 12.1 Å². The molecule has 3 atom stereocenters. The van der Waals surface area contributed by atoms with Gasteiger partial charge in [-0.2, -0.15) is 0 Å². The van der Waals surface area contributed by atoms with Crippen LogP contribution in [0.15, 0.2) is 30.4 Å². The van der Waals surface area contributed by atoms with E-state index in [0.29, 0.717) is 6.54 Å². The fraction of sp³-hybridized carbons (Fsp3) is 0.471. The molecular weight excluding hydrogens is 282 g/mol. The zero-order chi connectivity index (χ0) is 15.2. The summed E-state index contributed by atoms with van der Waals surface area (Å²) < 4.78 is 16.6. The van der Waals surface area contributed by atoms with Crippen molar-refractivity contribution in [1.82, 2.24) is 5.32 Å². The Morgan fingerprint density at radius 2 is 2.18 bits per heavy atom. The number of hydrogen-bond acceptors (Lipinski definition) is 5. The van der Waals surface area contributed by atoms with Crippen molar-refractivity contribution in [2.75, 3.05) is 13.3 Å². The third-order valence-corrected chi connectivity index (χ3v) is 4.96. The van der Waals surface area contributed by atoms with Crippen LogP contribution in [-0.4, -0.2) is 31.5 Å². The Bertz CT molecular complexity index is 642. The highest BCUT2D eigenvalue weighted by molar-refractivity contribution is 5.66. The van der Waals surface area contributed by atoms with Crippen molar-refractivity contribution < 1.29 is 19.0 Å². The van der Waals surface area contributed by atoms with Crippen LogP contribution in [0.5, 0.6) is 11.5 Å². The summed E-state index contributed by atoms with van der Waals surface area (Å²) in [4.78, 5) is 11.5. The summed E-state index contributed by atoms with van der Waals surface area (Å²) in [6, 6.07) is 6.33. The van der Waals surface area contributed by atoms with Crippen molar-refractivity contribution in [3.8, 4) is 11.5 Å². The van der Waals surface area contributed by atoms with Crippen LogP contribution in [0.4, 0.5) is 0 Å². The van der Waals surface area contributed by atoms with Gasteiger partial charge in [0.1, 0.15) is 6.10 Å². The molecule has 1 saturated heterocycles. The molecule has 22 heavy (non-hydrogen) atoms. The van der Waals surface area contributed by atoms with Gasteiger partial charge in [0.25, 0.3) is 0 Å². The van der Waals surface area contributed by atoms with Gasteiger partial charge in [-0.15, -0.1) is 0 Å². The molecule has 0 amide bonds. The fourth-order valence-corrected chi connectivity index (χ4v) is 3.95. The van der Waals surface area contributed by atoms with E-state index >= 15 is 0 Å². The van der Waals surface area contributed by atoms with Crippen LogP contribution >= 0.6 is 0 Å². The van der Waals surface area contributed by atoms with Gasteiger partial charge in [-0.3, -0.25) is 4.79 Å². The first-order chi connectivity index (χ1) is 10.7. The summed E-state index contributed by atoms with van der Waals surface area (Å²) in [6.45, 7) is 2.42. The SMILES string of the molecule is CC(=O)O[C@@H]1CN[C@@H]2CC=CC[C@@]21c1ccc2c(c1)OCO2. The lowest BCUT2D eigenvalue weighted by molar-refractivity contribution is -0.148. The molecule has 2 aliphatic heterocycles. The number of carbonyl (C=O) groups excluding carboxylic acids is 1. The van der Waals surface area contributed by atoms with E-state index in [-0.39, 0.29) is 30.3 Å². The number of rotatable bonds is 2. The highest BCUT2D eigenvalue weighted by atomic mass is 16.7. The standard InChI is InChI=1S/C17H19NO4/c1-11(19)22-16-9-18-15-4-2-3-7-17(15,16)12-5-6-13-14(8-12)21-10-20-13/h2-3,5-6,8,15-16,18H,4,7,9-10H2,1H3/t15-,16-,17-/m1/s1. The number of carbonyl (C=O) groups is 1. The molecule has 1 aliphatic carbocycles. The van der Waals surface area contributed by atoms with Crippen molar-refractivity contribution in [2.24, 2.45) is 0 Å². The topological polar surface area (TPSA) is 56.8 Å². The molecule has 1 aromatic rings. The smallest absolute Gasteiger partial charge is 0.302 e. The molecular formula is C17H19NO4. The molecule has 5 heteroatoms. The minimum atomic E-state index is -0.235. The fourth-order valence-electron chi connectivity index (χ4n) is 3.95. The first kappa shape index (κ1) is 13.6. The molecule has 0 radical (unpaired) electrons. The highest BCUT2D eigenvalue weighted by Crippen LogP contribution is 2.47. The second-order valence-corrected chi connectivity index (χ2v) is 6.08. The molecule has 3 aliphatic rings. The lowest BCUT2D eigenvalue weighted by atomic mass is 9.67.